The van der Waals surface area contributed by atoms with E-state index in [-0.39, 0.29) is 35.6 Å². The average molecular weight is 373 g/mol. The molecular formula is C22H31NO4. The monoisotopic (exact) mass is 373 g/mol. The number of aliphatic hydroxyl groups excluding tert-OH is 1. The fourth-order valence-electron chi connectivity index (χ4n) is 7.06. The number of allylic oxidation sites excluding steroid dienone is 4. The Morgan fingerprint density at radius 3 is 2.81 bits per heavy atom. The van der Waals surface area contributed by atoms with Crippen molar-refractivity contribution in [2.24, 2.45) is 28.6 Å². The highest BCUT2D eigenvalue weighted by Gasteiger charge is 2.67. The second-order valence-electron chi connectivity index (χ2n) is 9.52. The minimum Gasteiger partial charge on any atom is -0.393 e. The summed E-state index contributed by atoms with van der Waals surface area (Å²) in [6.07, 6.45) is 8.87. The second kappa shape index (κ2) is 6.10. The van der Waals surface area contributed by atoms with Crippen LogP contribution in [0.5, 0.6) is 0 Å². The van der Waals surface area contributed by atoms with Crippen LogP contribution < -0.4 is 0 Å². The number of ketones is 1. The van der Waals surface area contributed by atoms with E-state index in [1.165, 1.54) is 12.7 Å². The number of ether oxygens (including phenoxy) is 1. The van der Waals surface area contributed by atoms with Gasteiger partial charge >= 0.3 is 0 Å². The Kier molecular flexibility index (Phi) is 4.30. The van der Waals surface area contributed by atoms with Crippen LogP contribution in [-0.2, 0) is 9.53 Å². The van der Waals surface area contributed by atoms with E-state index in [2.05, 4.69) is 13.0 Å². The molecule has 3 N–H and O–H groups in total. The Balaban J connectivity index is 1.72. The summed E-state index contributed by atoms with van der Waals surface area (Å²) in [7, 11) is 1.48. The van der Waals surface area contributed by atoms with Crippen LogP contribution in [-0.4, -0.2) is 47.1 Å². The maximum atomic E-state index is 12.7. The van der Waals surface area contributed by atoms with Crippen LogP contribution in [0.1, 0.15) is 46.0 Å². The molecule has 0 aromatic rings. The minimum absolute atomic E-state index is 0.0693. The molecule has 3 saturated carbocycles. The highest BCUT2D eigenvalue weighted by atomic mass is 16.5. The van der Waals surface area contributed by atoms with Crippen LogP contribution in [0, 0.1) is 34.0 Å². The van der Waals surface area contributed by atoms with Crippen molar-refractivity contribution in [3.8, 4) is 0 Å². The van der Waals surface area contributed by atoms with E-state index >= 15 is 0 Å². The lowest BCUT2D eigenvalue weighted by Gasteiger charge is -2.59. The molecule has 0 heterocycles. The number of aliphatic hydroxyl groups is 2. The molecule has 7 unspecified atom stereocenters. The Morgan fingerprint density at radius 1 is 1.37 bits per heavy atom. The number of carbonyl (C=O) groups excluding carboxylic acids is 1. The molecule has 5 heteroatoms. The second-order valence-corrected chi connectivity index (χ2v) is 9.52. The first-order valence-electron chi connectivity index (χ1n) is 10.1. The van der Waals surface area contributed by atoms with E-state index < -0.39 is 17.1 Å². The fraction of sp³-hybridized carbons (Fsp3) is 0.727. The van der Waals surface area contributed by atoms with E-state index in [9.17, 15) is 15.0 Å². The van der Waals surface area contributed by atoms with Crippen LogP contribution in [0.4, 0.5) is 0 Å². The van der Waals surface area contributed by atoms with Crippen molar-refractivity contribution in [3.05, 3.63) is 23.8 Å². The van der Waals surface area contributed by atoms with Gasteiger partial charge in [-0.05, 0) is 56.1 Å². The molecule has 0 aliphatic heterocycles. The highest BCUT2D eigenvalue weighted by molar-refractivity contribution is 6.03. The van der Waals surface area contributed by atoms with Gasteiger partial charge < -0.3 is 20.4 Å². The van der Waals surface area contributed by atoms with Gasteiger partial charge in [-0.15, -0.1) is 0 Å². The predicted octanol–water partition coefficient (Wildman–Crippen LogP) is 2.66. The van der Waals surface area contributed by atoms with Gasteiger partial charge in [0.15, 0.2) is 5.78 Å². The van der Waals surface area contributed by atoms with Crippen molar-refractivity contribution in [1.82, 2.24) is 0 Å². The third kappa shape index (κ3) is 2.41. The largest absolute Gasteiger partial charge is 0.393 e. The molecule has 0 bridgehead atoms. The van der Waals surface area contributed by atoms with Gasteiger partial charge in [-0.3, -0.25) is 4.79 Å². The molecule has 0 spiro atoms. The van der Waals surface area contributed by atoms with Crippen LogP contribution in [0.25, 0.3) is 0 Å². The molecule has 4 rings (SSSR count). The lowest BCUT2D eigenvalue weighted by atomic mass is 9.46. The van der Waals surface area contributed by atoms with Crippen molar-refractivity contribution < 1.29 is 19.7 Å². The van der Waals surface area contributed by atoms with Gasteiger partial charge in [0.2, 0.25) is 0 Å². The molecule has 0 saturated heterocycles. The van der Waals surface area contributed by atoms with E-state index in [4.69, 9.17) is 10.1 Å². The average Bonchev–Trinajstić information content (AvgIpc) is 2.87. The lowest BCUT2D eigenvalue weighted by Crippen LogP contribution is -2.61. The van der Waals surface area contributed by atoms with Crippen molar-refractivity contribution >= 4 is 11.5 Å². The molecule has 3 fully saturated rings. The zero-order chi connectivity index (χ0) is 19.6. The third-order valence-electron chi connectivity index (χ3n) is 8.41. The fourth-order valence-corrected chi connectivity index (χ4v) is 7.06. The molecular weight excluding hydrogens is 342 g/mol. The topological polar surface area (TPSA) is 90.6 Å². The number of carbonyl (C=O) groups is 1. The third-order valence-corrected chi connectivity index (χ3v) is 8.41. The molecule has 148 valence electrons. The predicted molar refractivity (Wildman–Crippen MR) is 103 cm³/mol. The van der Waals surface area contributed by atoms with E-state index in [1.54, 1.807) is 0 Å². The maximum absolute atomic E-state index is 12.7. The first-order valence-corrected chi connectivity index (χ1v) is 10.1. The number of Topliss-reactive ketones (excluding diaryl/α,β-unsaturated/α-hetero) is 1. The summed E-state index contributed by atoms with van der Waals surface area (Å²) < 4.78 is 5.03. The van der Waals surface area contributed by atoms with E-state index in [0.717, 1.165) is 19.3 Å². The van der Waals surface area contributed by atoms with Crippen LogP contribution in [0.2, 0.25) is 0 Å². The summed E-state index contributed by atoms with van der Waals surface area (Å²) in [5.41, 5.74) is -0.516. The number of rotatable bonds is 3. The molecule has 4 aliphatic rings. The van der Waals surface area contributed by atoms with Gasteiger partial charge in [-0.1, -0.05) is 25.5 Å². The standard InChI is InChI=1S/C22H31NO4/c1-20-8-6-14(23)10-13(20)4-5-15-16-7-9-22(26,18(25)12-27-3)21(16,2)11-17(24)19(15)20/h6,8,10,15-17,19,23-24,26H,4-5,7,9,11-12H2,1-3H3. The molecule has 5 nitrogen and oxygen atoms in total. The summed E-state index contributed by atoms with van der Waals surface area (Å²) in [5.74, 6) is 0.293. The highest BCUT2D eigenvalue weighted by Crippen LogP contribution is 2.67. The summed E-state index contributed by atoms with van der Waals surface area (Å²) >= 11 is 0. The Hall–Kier alpha value is -1.30. The molecule has 0 amide bonds. The Bertz CT molecular complexity index is 743. The first kappa shape index (κ1) is 19.0. The van der Waals surface area contributed by atoms with E-state index in [1.807, 2.05) is 19.1 Å². The van der Waals surface area contributed by atoms with Crippen LogP contribution >= 0.6 is 0 Å². The van der Waals surface area contributed by atoms with Crippen molar-refractivity contribution in [3.63, 3.8) is 0 Å². The molecule has 0 aromatic carbocycles. The van der Waals surface area contributed by atoms with Gasteiger partial charge in [0.05, 0.1) is 11.8 Å². The number of hydrogen-bond donors (Lipinski definition) is 3. The molecule has 0 aromatic heterocycles. The summed E-state index contributed by atoms with van der Waals surface area (Å²) in [6, 6.07) is 0. The minimum atomic E-state index is -1.42. The summed E-state index contributed by atoms with van der Waals surface area (Å²) in [5, 5.41) is 30.6. The normalized spacial score (nSPS) is 48.5. The maximum Gasteiger partial charge on any atom is 0.190 e. The summed E-state index contributed by atoms with van der Waals surface area (Å²) in [6.45, 7) is 4.10. The Morgan fingerprint density at radius 2 is 2.11 bits per heavy atom. The molecule has 27 heavy (non-hydrogen) atoms. The Labute approximate surface area is 161 Å². The number of nitrogens with one attached hydrogen (secondary N) is 1. The zero-order valence-electron chi connectivity index (χ0n) is 16.5. The molecule has 4 aliphatic carbocycles. The first-order chi connectivity index (χ1) is 12.7. The van der Waals surface area contributed by atoms with Crippen LogP contribution in [0.15, 0.2) is 23.8 Å². The van der Waals surface area contributed by atoms with Gasteiger partial charge in [0.1, 0.15) is 12.2 Å². The summed E-state index contributed by atoms with van der Waals surface area (Å²) in [4.78, 5) is 12.7. The molecule has 0 radical (unpaired) electrons. The van der Waals surface area contributed by atoms with Gasteiger partial charge in [0.25, 0.3) is 0 Å². The number of methoxy groups -OCH3 is 1. The SMILES string of the molecule is COCC(=O)C1(O)CCC2C3CCC4=CC(=N)C=CC4(C)C3C(O)CC21C. The van der Waals surface area contributed by atoms with Crippen molar-refractivity contribution in [1.29, 1.82) is 5.41 Å². The lowest BCUT2D eigenvalue weighted by molar-refractivity contribution is -0.178. The number of hydrogen-bond acceptors (Lipinski definition) is 5. The zero-order valence-corrected chi connectivity index (χ0v) is 16.5. The van der Waals surface area contributed by atoms with Crippen molar-refractivity contribution in [2.45, 2.75) is 57.7 Å². The van der Waals surface area contributed by atoms with Gasteiger partial charge in [-0.25, -0.2) is 0 Å². The molecule has 7 atom stereocenters. The number of fused-ring (bicyclic) bond motifs is 5. The quantitative estimate of drug-likeness (QED) is 0.709. The smallest absolute Gasteiger partial charge is 0.190 e. The van der Waals surface area contributed by atoms with Crippen LogP contribution in [0.3, 0.4) is 0 Å². The van der Waals surface area contributed by atoms with Gasteiger partial charge in [-0.2, -0.15) is 0 Å². The van der Waals surface area contributed by atoms with Crippen molar-refractivity contribution in [2.75, 3.05) is 13.7 Å². The van der Waals surface area contributed by atoms with Gasteiger partial charge in [0, 0.05) is 23.9 Å². The van der Waals surface area contributed by atoms with E-state index in [0.29, 0.717) is 18.6 Å².